The van der Waals surface area contributed by atoms with E-state index in [1.165, 1.54) is 5.56 Å². The molecule has 16 heavy (non-hydrogen) atoms. The maximum Gasteiger partial charge on any atom is 0.404 e. The van der Waals surface area contributed by atoms with Gasteiger partial charge < -0.3 is 15.3 Å². The summed E-state index contributed by atoms with van der Waals surface area (Å²) in [5.74, 6) is 0. The van der Waals surface area contributed by atoms with Crippen molar-refractivity contribution >= 4 is 23.4 Å². The first-order valence-corrected chi connectivity index (χ1v) is 5.55. The van der Waals surface area contributed by atoms with Gasteiger partial charge in [0, 0.05) is 30.3 Å². The van der Waals surface area contributed by atoms with E-state index in [0.29, 0.717) is 13.1 Å². The van der Waals surface area contributed by atoms with Gasteiger partial charge in [0.1, 0.15) is 0 Å². The van der Waals surface area contributed by atoms with E-state index >= 15 is 0 Å². The minimum absolute atomic E-state index is 0.432. The summed E-state index contributed by atoms with van der Waals surface area (Å²) < 4.78 is 0. The molecule has 2 rings (SSSR count). The maximum atomic E-state index is 10.3. The van der Waals surface area contributed by atoms with Crippen molar-refractivity contribution in [1.82, 2.24) is 5.32 Å². The van der Waals surface area contributed by atoms with Gasteiger partial charge in [-0.05, 0) is 24.1 Å². The number of carbonyl (C=O) groups is 1. The predicted molar refractivity (Wildman–Crippen MR) is 63.4 cm³/mol. The van der Waals surface area contributed by atoms with Crippen molar-refractivity contribution in [3.05, 3.63) is 28.8 Å². The Kier molecular flexibility index (Phi) is 3.19. The molecule has 1 aliphatic heterocycles. The van der Waals surface area contributed by atoms with Gasteiger partial charge in [-0.1, -0.05) is 17.7 Å². The highest BCUT2D eigenvalue weighted by Crippen LogP contribution is 2.32. The van der Waals surface area contributed by atoms with E-state index < -0.39 is 6.09 Å². The van der Waals surface area contributed by atoms with Gasteiger partial charge in [0.05, 0.1) is 0 Å². The van der Waals surface area contributed by atoms with Gasteiger partial charge >= 0.3 is 6.09 Å². The lowest BCUT2D eigenvalue weighted by Crippen LogP contribution is -2.33. The molecule has 1 heterocycles. The highest BCUT2D eigenvalue weighted by Gasteiger charge is 2.20. The number of nitrogens with zero attached hydrogens (tertiary/aromatic N) is 1. The number of rotatable bonds is 3. The quantitative estimate of drug-likeness (QED) is 0.849. The Bertz CT molecular complexity index is 409. The molecule has 0 radical (unpaired) electrons. The molecule has 0 unspecified atom stereocenters. The minimum Gasteiger partial charge on any atom is -0.465 e. The van der Waals surface area contributed by atoms with E-state index in [1.807, 2.05) is 18.2 Å². The van der Waals surface area contributed by atoms with Gasteiger partial charge in [0.15, 0.2) is 0 Å². The molecule has 1 aromatic carbocycles. The Labute approximate surface area is 98.8 Å². The van der Waals surface area contributed by atoms with Crippen LogP contribution in [0.2, 0.25) is 5.02 Å². The van der Waals surface area contributed by atoms with Crippen LogP contribution in [0.3, 0.4) is 0 Å². The molecule has 2 N–H and O–H groups in total. The van der Waals surface area contributed by atoms with Gasteiger partial charge in [0.2, 0.25) is 0 Å². The zero-order valence-corrected chi connectivity index (χ0v) is 9.50. The summed E-state index contributed by atoms with van der Waals surface area (Å²) in [6.07, 6.45) is -0.0484. The number of fused-ring (bicyclic) bond motifs is 1. The molecule has 86 valence electrons. The van der Waals surface area contributed by atoms with Crippen LogP contribution in [0.4, 0.5) is 10.5 Å². The molecule has 0 saturated heterocycles. The summed E-state index contributed by atoms with van der Waals surface area (Å²) in [5, 5.41) is 11.6. The smallest absolute Gasteiger partial charge is 0.404 e. The monoisotopic (exact) mass is 240 g/mol. The second-order valence-corrected chi connectivity index (χ2v) is 4.11. The van der Waals surface area contributed by atoms with Crippen LogP contribution in [0.1, 0.15) is 5.56 Å². The lowest BCUT2D eigenvalue weighted by molar-refractivity contribution is 0.195. The average Bonchev–Trinajstić information content (AvgIpc) is 2.63. The van der Waals surface area contributed by atoms with Crippen molar-refractivity contribution < 1.29 is 9.90 Å². The zero-order chi connectivity index (χ0) is 11.5. The van der Waals surface area contributed by atoms with Crippen LogP contribution in [-0.2, 0) is 6.42 Å². The maximum absolute atomic E-state index is 10.3. The SMILES string of the molecule is O=C(O)NCCN1CCc2c(Cl)cccc21. The number of nitrogens with one attached hydrogen (secondary N) is 1. The largest absolute Gasteiger partial charge is 0.465 e. The molecule has 0 fully saturated rings. The fourth-order valence-corrected chi connectivity index (χ4v) is 2.25. The van der Waals surface area contributed by atoms with Crippen molar-refractivity contribution in [3.8, 4) is 0 Å². The van der Waals surface area contributed by atoms with E-state index in [2.05, 4.69) is 10.2 Å². The topological polar surface area (TPSA) is 52.6 Å². The number of anilines is 1. The average molecular weight is 241 g/mol. The fourth-order valence-electron chi connectivity index (χ4n) is 1.99. The molecule has 0 bridgehead atoms. The van der Waals surface area contributed by atoms with E-state index in [4.69, 9.17) is 16.7 Å². The van der Waals surface area contributed by atoms with Crippen molar-refractivity contribution in [2.75, 3.05) is 24.5 Å². The van der Waals surface area contributed by atoms with Crippen molar-refractivity contribution in [3.63, 3.8) is 0 Å². The van der Waals surface area contributed by atoms with Gasteiger partial charge in [0.25, 0.3) is 0 Å². The Hall–Kier alpha value is -1.42. The summed E-state index contributed by atoms with van der Waals surface area (Å²) in [6.45, 7) is 2.02. The van der Waals surface area contributed by atoms with Gasteiger partial charge in [-0.2, -0.15) is 0 Å². The first-order valence-electron chi connectivity index (χ1n) is 5.17. The van der Waals surface area contributed by atoms with E-state index in [0.717, 1.165) is 23.7 Å². The zero-order valence-electron chi connectivity index (χ0n) is 8.74. The number of hydrogen-bond acceptors (Lipinski definition) is 2. The van der Waals surface area contributed by atoms with Crippen LogP contribution < -0.4 is 10.2 Å². The lowest BCUT2D eigenvalue weighted by Gasteiger charge is -2.19. The number of amides is 1. The standard InChI is InChI=1S/C11H13ClN2O2/c12-9-2-1-3-10-8(9)4-6-14(10)7-5-13-11(15)16/h1-3,13H,4-7H2,(H,15,16). The van der Waals surface area contributed by atoms with Gasteiger partial charge in [-0.15, -0.1) is 0 Å². The highest BCUT2D eigenvalue weighted by atomic mass is 35.5. The molecular weight excluding hydrogens is 228 g/mol. The Morgan fingerprint density at radius 2 is 2.38 bits per heavy atom. The first kappa shape index (κ1) is 11.1. The Morgan fingerprint density at radius 3 is 3.12 bits per heavy atom. The number of benzene rings is 1. The molecule has 1 aliphatic rings. The number of hydrogen-bond donors (Lipinski definition) is 2. The lowest BCUT2D eigenvalue weighted by atomic mass is 10.2. The van der Waals surface area contributed by atoms with Crippen molar-refractivity contribution in [2.45, 2.75) is 6.42 Å². The Balaban J connectivity index is 2.01. The third kappa shape index (κ3) is 2.22. The summed E-state index contributed by atoms with van der Waals surface area (Å²) >= 11 is 6.08. The van der Waals surface area contributed by atoms with Crippen LogP contribution in [0.25, 0.3) is 0 Å². The third-order valence-corrected chi connectivity index (χ3v) is 3.08. The molecule has 0 spiro atoms. The normalized spacial score (nSPS) is 13.7. The predicted octanol–water partition coefficient (Wildman–Crippen LogP) is 1.97. The van der Waals surface area contributed by atoms with E-state index in [9.17, 15) is 4.79 Å². The minimum atomic E-state index is -0.981. The van der Waals surface area contributed by atoms with Crippen LogP contribution in [0.15, 0.2) is 18.2 Å². The summed E-state index contributed by atoms with van der Waals surface area (Å²) in [6, 6.07) is 5.83. The molecule has 1 amide bonds. The molecular formula is C11H13ClN2O2. The molecule has 0 atom stereocenters. The van der Waals surface area contributed by atoms with Gasteiger partial charge in [-0.25, -0.2) is 4.79 Å². The highest BCUT2D eigenvalue weighted by molar-refractivity contribution is 6.31. The third-order valence-electron chi connectivity index (χ3n) is 2.72. The second-order valence-electron chi connectivity index (χ2n) is 3.71. The van der Waals surface area contributed by atoms with E-state index in [-0.39, 0.29) is 0 Å². The van der Waals surface area contributed by atoms with Crippen LogP contribution in [-0.4, -0.2) is 30.8 Å². The molecule has 0 aromatic heterocycles. The number of halogens is 1. The second kappa shape index (κ2) is 4.61. The molecule has 1 aromatic rings. The van der Waals surface area contributed by atoms with Crippen molar-refractivity contribution in [1.29, 1.82) is 0 Å². The molecule has 4 nitrogen and oxygen atoms in total. The summed E-state index contributed by atoms with van der Waals surface area (Å²) in [7, 11) is 0. The van der Waals surface area contributed by atoms with Crippen LogP contribution in [0, 0.1) is 0 Å². The van der Waals surface area contributed by atoms with Crippen LogP contribution in [0.5, 0.6) is 0 Å². The molecule has 5 heteroatoms. The summed E-state index contributed by atoms with van der Waals surface area (Å²) in [5.41, 5.74) is 2.29. The molecule has 0 saturated carbocycles. The first-order chi connectivity index (χ1) is 7.68. The Morgan fingerprint density at radius 1 is 1.56 bits per heavy atom. The number of carboxylic acid groups (broad SMARTS) is 1. The van der Waals surface area contributed by atoms with Crippen molar-refractivity contribution in [2.24, 2.45) is 0 Å². The fraction of sp³-hybridized carbons (Fsp3) is 0.364. The summed E-state index contributed by atoms with van der Waals surface area (Å²) in [4.78, 5) is 12.5. The molecule has 0 aliphatic carbocycles. The van der Waals surface area contributed by atoms with Gasteiger partial charge in [-0.3, -0.25) is 0 Å². The van der Waals surface area contributed by atoms with Crippen LogP contribution >= 0.6 is 11.6 Å². The van der Waals surface area contributed by atoms with E-state index in [1.54, 1.807) is 0 Å².